The van der Waals surface area contributed by atoms with Crippen molar-refractivity contribution in [2.24, 2.45) is 11.5 Å². The van der Waals surface area contributed by atoms with Crippen molar-refractivity contribution in [2.75, 3.05) is 0 Å². The molecular formula is C7H8N4O. The highest BCUT2D eigenvalue weighted by Gasteiger charge is 2.08. The smallest absolute Gasteiger partial charge is 0.254 e. The summed E-state index contributed by atoms with van der Waals surface area (Å²) in [4.78, 5) is 18.3. The van der Waals surface area contributed by atoms with Crippen LogP contribution in [0.5, 0.6) is 0 Å². The zero-order valence-electron chi connectivity index (χ0n) is 6.27. The molecule has 1 rings (SSSR count). The van der Waals surface area contributed by atoms with Crippen LogP contribution in [0.1, 0.15) is 5.82 Å². The fourth-order valence-electron chi connectivity index (χ4n) is 0.705. The normalized spacial score (nSPS) is 11.2. The Balaban J connectivity index is 3.05. The lowest BCUT2D eigenvalue weighted by molar-refractivity contribution is -0.112. The summed E-state index contributed by atoms with van der Waals surface area (Å²) in [6, 6.07) is 1.64. The molecule has 0 aliphatic carbocycles. The topological polar surface area (TPSA) is 94.9 Å². The van der Waals surface area contributed by atoms with Gasteiger partial charge in [0.25, 0.3) is 5.91 Å². The van der Waals surface area contributed by atoms with E-state index in [4.69, 9.17) is 11.5 Å². The first-order valence-corrected chi connectivity index (χ1v) is 3.25. The van der Waals surface area contributed by atoms with Gasteiger partial charge in [-0.1, -0.05) is 0 Å². The molecule has 0 fully saturated rings. The molecule has 0 aliphatic rings. The third-order valence-corrected chi connectivity index (χ3v) is 1.24. The van der Waals surface area contributed by atoms with Crippen LogP contribution in [0.4, 0.5) is 0 Å². The van der Waals surface area contributed by atoms with Crippen LogP contribution in [0, 0.1) is 0 Å². The number of rotatable bonds is 2. The van der Waals surface area contributed by atoms with E-state index in [9.17, 15) is 4.79 Å². The largest absolute Gasteiger partial charge is 0.404 e. The van der Waals surface area contributed by atoms with Gasteiger partial charge in [0.15, 0.2) is 5.82 Å². The average molecular weight is 164 g/mol. The number of aromatic nitrogens is 2. The Morgan fingerprint density at radius 2 is 2.00 bits per heavy atom. The van der Waals surface area contributed by atoms with E-state index in [0.29, 0.717) is 0 Å². The molecule has 1 aromatic rings. The van der Waals surface area contributed by atoms with Gasteiger partial charge in [0.05, 0.1) is 5.57 Å². The molecule has 1 amide bonds. The number of amides is 1. The predicted octanol–water partition coefficient (Wildman–Crippen LogP) is -0.739. The first-order valence-electron chi connectivity index (χ1n) is 3.25. The number of nitrogens with two attached hydrogens (primary N) is 2. The maximum atomic E-state index is 10.7. The number of primary amides is 1. The molecule has 4 N–H and O–H groups in total. The molecule has 0 aliphatic heterocycles. The highest BCUT2D eigenvalue weighted by Crippen LogP contribution is 2.04. The van der Waals surface area contributed by atoms with Gasteiger partial charge in [-0.25, -0.2) is 9.97 Å². The van der Waals surface area contributed by atoms with Gasteiger partial charge in [-0.2, -0.15) is 0 Å². The molecule has 12 heavy (non-hydrogen) atoms. The van der Waals surface area contributed by atoms with E-state index in [1.165, 1.54) is 12.4 Å². The molecule has 0 atom stereocenters. The fraction of sp³-hybridized carbons (Fsp3) is 0. The summed E-state index contributed by atoms with van der Waals surface area (Å²) in [5.74, 6) is -0.392. The van der Waals surface area contributed by atoms with E-state index in [1.807, 2.05) is 0 Å². The number of nitrogens with zero attached hydrogens (tertiary/aromatic N) is 2. The van der Waals surface area contributed by atoms with E-state index in [1.54, 1.807) is 6.07 Å². The average Bonchev–Trinajstić information content (AvgIpc) is 2.07. The van der Waals surface area contributed by atoms with Crippen LogP contribution in [-0.2, 0) is 4.79 Å². The van der Waals surface area contributed by atoms with Crippen LogP contribution in [0.25, 0.3) is 5.57 Å². The fourth-order valence-corrected chi connectivity index (χ4v) is 0.705. The summed E-state index contributed by atoms with van der Waals surface area (Å²) < 4.78 is 0. The minimum absolute atomic E-state index is 0.121. The maximum Gasteiger partial charge on any atom is 0.254 e. The number of hydrogen-bond donors (Lipinski definition) is 2. The Labute approximate surface area is 69.1 Å². The van der Waals surface area contributed by atoms with Crippen LogP contribution >= 0.6 is 0 Å². The third kappa shape index (κ3) is 1.57. The second kappa shape index (κ2) is 3.47. The number of carbonyl (C=O) groups excluding carboxylic acids is 1. The lowest BCUT2D eigenvalue weighted by atomic mass is 10.2. The minimum Gasteiger partial charge on any atom is -0.404 e. The van der Waals surface area contributed by atoms with Gasteiger partial charge in [-0.3, -0.25) is 4.79 Å². The van der Waals surface area contributed by atoms with Crippen molar-refractivity contribution in [3.8, 4) is 0 Å². The summed E-state index contributed by atoms with van der Waals surface area (Å²) >= 11 is 0. The number of hydrogen-bond acceptors (Lipinski definition) is 4. The van der Waals surface area contributed by atoms with E-state index >= 15 is 0 Å². The summed E-state index contributed by atoms with van der Waals surface area (Å²) in [7, 11) is 0. The molecule has 0 saturated carbocycles. The Morgan fingerprint density at radius 3 is 2.42 bits per heavy atom. The Bertz CT molecular complexity index is 306. The van der Waals surface area contributed by atoms with Gasteiger partial charge < -0.3 is 11.5 Å². The SMILES string of the molecule is NC=C(C(N)=O)c1ncccn1. The monoisotopic (exact) mass is 164 g/mol. The maximum absolute atomic E-state index is 10.7. The first kappa shape index (κ1) is 8.19. The molecule has 0 saturated heterocycles. The molecule has 0 aromatic carbocycles. The Morgan fingerprint density at radius 1 is 1.42 bits per heavy atom. The van der Waals surface area contributed by atoms with Crippen molar-refractivity contribution >= 4 is 11.5 Å². The second-order valence-corrected chi connectivity index (χ2v) is 2.02. The van der Waals surface area contributed by atoms with Crippen molar-refractivity contribution in [1.29, 1.82) is 0 Å². The standard InChI is InChI=1S/C7H8N4O/c8-4-5(6(9)12)7-10-2-1-3-11-7/h1-4H,8H2,(H2,9,12). The van der Waals surface area contributed by atoms with Crippen molar-refractivity contribution in [3.05, 3.63) is 30.5 Å². The van der Waals surface area contributed by atoms with Gasteiger partial charge in [0, 0.05) is 18.6 Å². The zero-order valence-corrected chi connectivity index (χ0v) is 6.27. The summed E-state index contributed by atoms with van der Waals surface area (Å²) in [6.07, 6.45) is 4.11. The first-order chi connectivity index (χ1) is 5.75. The molecule has 0 bridgehead atoms. The summed E-state index contributed by atoms with van der Waals surface area (Å²) in [5, 5.41) is 0. The quantitative estimate of drug-likeness (QED) is 0.563. The van der Waals surface area contributed by atoms with Crippen LogP contribution in [-0.4, -0.2) is 15.9 Å². The van der Waals surface area contributed by atoms with Gasteiger partial charge >= 0.3 is 0 Å². The van der Waals surface area contributed by atoms with Crippen molar-refractivity contribution in [2.45, 2.75) is 0 Å². The van der Waals surface area contributed by atoms with E-state index in [-0.39, 0.29) is 11.4 Å². The molecule has 0 spiro atoms. The summed E-state index contributed by atoms with van der Waals surface area (Å²) in [5.41, 5.74) is 10.3. The van der Waals surface area contributed by atoms with E-state index in [0.717, 1.165) is 6.20 Å². The van der Waals surface area contributed by atoms with Gasteiger partial charge in [-0.05, 0) is 6.07 Å². The lowest BCUT2D eigenvalue weighted by Gasteiger charge is -1.97. The highest BCUT2D eigenvalue weighted by atomic mass is 16.1. The molecule has 1 heterocycles. The van der Waals surface area contributed by atoms with Gasteiger partial charge in [-0.15, -0.1) is 0 Å². The summed E-state index contributed by atoms with van der Waals surface area (Å²) in [6.45, 7) is 0. The molecular weight excluding hydrogens is 156 g/mol. The van der Waals surface area contributed by atoms with Crippen LogP contribution in [0.15, 0.2) is 24.7 Å². The van der Waals surface area contributed by atoms with E-state index in [2.05, 4.69) is 9.97 Å². The van der Waals surface area contributed by atoms with Crippen molar-refractivity contribution < 1.29 is 4.79 Å². The Kier molecular flexibility index (Phi) is 2.37. The molecule has 0 radical (unpaired) electrons. The Hall–Kier alpha value is -1.91. The molecule has 1 aromatic heterocycles. The van der Waals surface area contributed by atoms with Crippen molar-refractivity contribution in [3.63, 3.8) is 0 Å². The molecule has 0 unspecified atom stereocenters. The van der Waals surface area contributed by atoms with Crippen LogP contribution in [0.2, 0.25) is 0 Å². The third-order valence-electron chi connectivity index (χ3n) is 1.24. The zero-order chi connectivity index (χ0) is 8.97. The lowest BCUT2D eigenvalue weighted by Crippen LogP contribution is -2.15. The second-order valence-electron chi connectivity index (χ2n) is 2.02. The van der Waals surface area contributed by atoms with Crippen molar-refractivity contribution in [1.82, 2.24) is 9.97 Å². The van der Waals surface area contributed by atoms with Gasteiger partial charge in [0.1, 0.15) is 0 Å². The minimum atomic E-state index is -0.635. The molecule has 5 heteroatoms. The van der Waals surface area contributed by atoms with Gasteiger partial charge in [0.2, 0.25) is 0 Å². The molecule has 62 valence electrons. The van der Waals surface area contributed by atoms with E-state index < -0.39 is 5.91 Å². The predicted molar refractivity (Wildman–Crippen MR) is 43.4 cm³/mol. The highest BCUT2D eigenvalue weighted by molar-refractivity contribution is 6.17. The van der Waals surface area contributed by atoms with Crippen LogP contribution in [0.3, 0.4) is 0 Å². The number of carbonyl (C=O) groups is 1. The van der Waals surface area contributed by atoms with Crippen LogP contribution < -0.4 is 11.5 Å². The molecule has 5 nitrogen and oxygen atoms in total.